The predicted molar refractivity (Wildman–Crippen MR) is 139 cm³/mol. The first-order valence-electron chi connectivity index (χ1n) is 11.6. The third kappa shape index (κ3) is 4.81. The van der Waals surface area contributed by atoms with Gasteiger partial charge in [-0.2, -0.15) is 0 Å². The summed E-state index contributed by atoms with van der Waals surface area (Å²) in [6.45, 7) is 1.20. The number of fused-ring (bicyclic) bond motifs is 1. The van der Waals surface area contributed by atoms with E-state index < -0.39 is 0 Å². The van der Waals surface area contributed by atoms with E-state index >= 15 is 0 Å². The van der Waals surface area contributed by atoms with Crippen molar-refractivity contribution < 1.29 is 9.15 Å². The second-order valence-corrected chi connectivity index (χ2v) is 8.35. The minimum absolute atomic E-state index is 0.528. The van der Waals surface area contributed by atoms with Crippen LogP contribution in [-0.4, -0.2) is 19.5 Å². The second kappa shape index (κ2) is 9.76. The molecule has 0 saturated carbocycles. The Kier molecular flexibility index (Phi) is 5.86. The van der Waals surface area contributed by atoms with E-state index in [1.807, 2.05) is 97.3 Å². The lowest BCUT2D eigenvalue weighted by Gasteiger charge is -2.10. The highest BCUT2D eigenvalue weighted by Gasteiger charge is 2.11. The van der Waals surface area contributed by atoms with Gasteiger partial charge in [-0.3, -0.25) is 4.98 Å². The topological polar surface area (TPSA) is 78.0 Å². The fourth-order valence-electron chi connectivity index (χ4n) is 3.96. The summed E-state index contributed by atoms with van der Waals surface area (Å²) >= 11 is 0. The summed E-state index contributed by atoms with van der Waals surface area (Å²) in [5, 5.41) is 4.25. The Balaban J connectivity index is 1.20. The highest BCUT2D eigenvalue weighted by atomic mass is 16.5. The van der Waals surface area contributed by atoms with E-state index in [1.165, 1.54) is 6.33 Å². The zero-order chi connectivity index (χ0) is 24.2. The molecule has 0 unspecified atom stereocenters. The molecule has 2 aromatic carbocycles. The summed E-state index contributed by atoms with van der Waals surface area (Å²) in [5.74, 6) is 3.06. The average Bonchev–Trinajstić information content (AvgIpc) is 3.62. The molecule has 4 aromatic heterocycles. The zero-order valence-electron chi connectivity index (χ0n) is 19.4. The van der Waals surface area contributed by atoms with Crippen LogP contribution in [0.3, 0.4) is 0 Å². The largest absolute Gasteiger partial charge is 0.489 e. The van der Waals surface area contributed by atoms with E-state index in [0.29, 0.717) is 24.7 Å². The van der Waals surface area contributed by atoms with Gasteiger partial charge >= 0.3 is 0 Å². The maximum atomic E-state index is 6.06. The van der Waals surface area contributed by atoms with Crippen LogP contribution in [0.1, 0.15) is 11.3 Å². The molecule has 0 bridgehead atoms. The van der Waals surface area contributed by atoms with Gasteiger partial charge in [-0.05, 0) is 60.2 Å². The Hall–Kier alpha value is -4.91. The number of hydrogen-bond donors (Lipinski definition) is 1. The van der Waals surface area contributed by atoms with Gasteiger partial charge in [-0.25, -0.2) is 9.97 Å². The van der Waals surface area contributed by atoms with Crippen LogP contribution in [0, 0.1) is 0 Å². The average molecular weight is 474 g/mol. The minimum Gasteiger partial charge on any atom is -0.489 e. The molecule has 4 heterocycles. The molecule has 0 radical (unpaired) electrons. The van der Waals surface area contributed by atoms with E-state index in [0.717, 1.165) is 39.4 Å². The summed E-state index contributed by atoms with van der Waals surface area (Å²) in [5.41, 5.74) is 3.50. The van der Waals surface area contributed by atoms with Gasteiger partial charge in [0.1, 0.15) is 36.0 Å². The lowest BCUT2D eigenvalue weighted by Crippen LogP contribution is -1.98. The zero-order valence-corrected chi connectivity index (χ0v) is 19.4. The summed E-state index contributed by atoms with van der Waals surface area (Å²) in [7, 11) is 0. The van der Waals surface area contributed by atoms with Gasteiger partial charge in [-0.1, -0.05) is 30.3 Å². The third-order valence-corrected chi connectivity index (χ3v) is 5.81. The third-order valence-electron chi connectivity index (χ3n) is 5.81. The van der Waals surface area contributed by atoms with Crippen LogP contribution in [-0.2, 0) is 13.2 Å². The monoisotopic (exact) mass is 473 g/mol. The van der Waals surface area contributed by atoms with Gasteiger partial charge in [0.15, 0.2) is 5.76 Å². The highest BCUT2D eigenvalue weighted by molar-refractivity contribution is 5.92. The second-order valence-electron chi connectivity index (χ2n) is 8.35. The Bertz CT molecular complexity index is 1580. The molecule has 176 valence electrons. The maximum Gasteiger partial charge on any atom is 0.152 e. The summed E-state index contributed by atoms with van der Waals surface area (Å²) < 4.78 is 14.0. The predicted octanol–water partition coefficient (Wildman–Crippen LogP) is 6.46. The van der Waals surface area contributed by atoms with Crippen molar-refractivity contribution in [3.05, 3.63) is 121 Å². The molecule has 6 rings (SSSR count). The molecule has 0 spiro atoms. The van der Waals surface area contributed by atoms with Crippen molar-refractivity contribution in [3.63, 3.8) is 0 Å². The van der Waals surface area contributed by atoms with Gasteiger partial charge in [0.05, 0.1) is 18.3 Å². The van der Waals surface area contributed by atoms with E-state index in [-0.39, 0.29) is 0 Å². The summed E-state index contributed by atoms with van der Waals surface area (Å²) in [6.07, 6.45) is 7.29. The molecule has 0 fully saturated rings. The molecule has 0 aliphatic carbocycles. The fraction of sp³-hybridized carbons (Fsp3) is 0.0690. The molecular formula is C29H23N5O2. The maximum absolute atomic E-state index is 6.06. The molecule has 1 N–H and O–H groups in total. The van der Waals surface area contributed by atoms with Crippen LogP contribution < -0.4 is 10.1 Å². The van der Waals surface area contributed by atoms with Crippen LogP contribution in [0.25, 0.3) is 22.4 Å². The summed E-state index contributed by atoms with van der Waals surface area (Å²) in [6, 6.07) is 27.8. The van der Waals surface area contributed by atoms with Gasteiger partial charge in [0.25, 0.3) is 0 Å². The number of hydrogen-bond acceptors (Lipinski definition) is 6. The first-order chi connectivity index (χ1) is 17.8. The molecule has 7 nitrogen and oxygen atoms in total. The number of ether oxygens (including phenoxy) is 1. The Labute approximate surface area is 208 Å². The van der Waals surface area contributed by atoms with Crippen LogP contribution in [0.5, 0.6) is 5.75 Å². The molecule has 0 saturated heterocycles. The lowest BCUT2D eigenvalue weighted by atomic mass is 10.2. The summed E-state index contributed by atoms with van der Waals surface area (Å²) in [4.78, 5) is 13.4. The van der Waals surface area contributed by atoms with Crippen molar-refractivity contribution in [1.29, 1.82) is 0 Å². The van der Waals surface area contributed by atoms with E-state index in [9.17, 15) is 0 Å². The van der Waals surface area contributed by atoms with Crippen molar-refractivity contribution in [2.24, 2.45) is 0 Å². The van der Waals surface area contributed by atoms with Gasteiger partial charge < -0.3 is 19.0 Å². The molecular weight excluding hydrogens is 450 g/mol. The van der Waals surface area contributed by atoms with Crippen LogP contribution >= 0.6 is 0 Å². The van der Waals surface area contributed by atoms with Crippen molar-refractivity contribution in [1.82, 2.24) is 19.5 Å². The molecule has 0 aliphatic rings. The quantitative estimate of drug-likeness (QED) is 0.273. The van der Waals surface area contributed by atoms with Gasteiger partial charge in [0.2, 0.25) is 0 Å². The molecule has 0 aliphatic heterocycles. The van der Waals surface area contributed by atoms with Gasteiger partial charge in [-0.15, -0.1) is 0 Å². The minimum atomic E-state index is 0.528. The number of nitrogens with one attached hydrogen (secondary N) is 1. The molecule has 6 aromatic rings. The number of pyridine rings is 1. The van der Waals surface area contributed by atoms with E-state index in [1.54, 1.807) is 6.20 Å². The Morgan fingerprint density at radius 1 is 0.833 bits per heavy atom. The Morgan fingerprint density at radius 2 is 1.67 bits per heavy atom. The first-order valence-corrected chi connectivity index (χ1v) is 11.6. The number of aromatic nitrogens is 4. The lowest BCUT2D eigenvalue weighted by molar-refractivity contribution is 0.306. The van der Waals surface area contributed by atoms with E-state index in [2.05, 4.69) is 24.8 Å². The number of furan rings is 1. The fourth-order valence-corrected chi connectivity index (χ4v) is 3.96. The van der Waals surface area contributed by atoms with Crippen LogP contribution in [0.2, 0.25) is 0 Å². The van der Waals surface area contributed by atoms with E-state index in [4.69, 9.17) is 9.15 Å². The van der Waals surface area contributed by atoms with Crippen LogP contribution in [0.4, 0.5) is 11.5 Å². The smallest absolute Gasteiger partial charge is 0.152 e. The standard InChI is InChI=1S/C29H23N5O2/c1-2-6-21(7-3-1)19-35-23-10-8-22(9-11-23)33-29-25-16-26(30-17-27(25)31-20-32-29)28-13-12-24(36-28)18-34-14-4-5-15-34/h1-17,20H,18-19H2,(H,31,32,33). The van der Waals surface area contributed by atoms with Crippen molar-refractivity contribution >= 4 is 22.4 Å². The van der Waals surface area contributed by atoms with Crippen molar-refractivity contribution in [2.45, 2.75) is 13.2 Å². The number of anilines is 2. The normalized spacial score (nSPS) is 11.0. The number of benzene rings is 2. The van der Waals surface area contributed by atoms with Crippen molar-refractivity contribution in [2.75, 3.05) is 5.32 Å². The molecule has 0 atom stereocenters. The van der Waals surface area contributed by atoms with Gasteiger partial charge in [0, 0.05) is 23.5 Å². The molecule has 36 heavy (non-hydrogen) atoms. The molecule has 7 heteroatoms. The van der Waals surface area contributed by atoms with Crippen LogP contribution in [0.15, 0.2) is 114 Å². The SMILES string of the molecule is c1ccc(COc2ccc(Nc3ncnc4cnc(-c5ccc(Cn6cccc6)o5)cc34)cc2)cc1. The number of nitrogens with zero attached hydrogens (tertiary/aromatic N) is 4. The Morgan fingerprint density at radius 3 is 2.50 bits per heavy atom. The van der Waals surface area contributed by atoms with Crippen molar-refractivity contribution in [3.8, 4) is 17.2 Å². The first kappa shape index (κ1) is 21.6. The molecule has 0 amide bonds. The number of rotatable bonds is 8. The highest BCUT2D eigenvalue weighted by Crippen LogP contribution is 2.28.